The van der Waals surface area contributed by atoms with E-state index >= 15 is 0 Å². The molecule has 0 rings (SSSR count). The molecule has 0 saturated heterocycles. The number of nitrogens with zero attached hydrogens (tertiary/aromatic N) is 1. The number of ketones is 1. The molecule has 0 radical (unpaired) electrons. The molecule has 0 aromatic carbocycles. The Morgan fingerprint density at radius 1 is 1.43 bits per heavy atom. The topological polar surface area (TPSA) is 20.3 Å². The molecule has 84 valence electrons. The van der Waals surface area contributed by atoms with E-state index in [0.717, 1.165) is 5.75 Å². The van der Waals surface area contributed by atoms with Crippen molar-refractivity contribution in [1.29, 1.82) is 0 Å². The minimum atomic E-state index is -0.215. The van der Waals surface area contributed by atoms with E-state index in [4.69, 9.17) is 0 Å². The number of hydrogen-bond acceptors (Lipinski definition) is 3. The second-order valence-electron chi connectivity index (χ2n) is 4.89. The zero-order valence-electron chi connectivity index (χ0n) is 10.3. The lowest BCUT2D eigenvalue weighted by Gasteiger charge is -2.26. The maximum atomic E-state index is 11.7. The Hall–Kier alpha value is -0.0200. The van der Waals surface area contributed by atoms with Gasteiger partial charge in [0.2, 0.25) is 0 Å². The first-order valence-corrected chi connectivity index (χ1v) is 6.41. The normalized spacial score (nSPS) is 14.5. The summed E-state index contributed by atoms with van der Waals surface area (Å²) in [6.07, 6.45) is 2.09. The van der Waals surface area contributed by atoms with E-state index in [1.54, 1.807) is 0 Å². The van der Waals surface area contributed by atoms with Gasteiger partial charge in [0, 0.05) is 17.2 Å². The number of hydrogen-bond donors (Lipinski definition) is 0. The molecule has 0 fully saturated rings. The van der Waals surface area contributed by atoms with E-state index in [-0.39, 0.29) is 5.41 Å². The summed E-state index contributed by atoms with van der Waals surface area (Å²) in [6.45, 7) is 8.64. The van der Waals surface area contributed by atoms with Gasteiger partial charge in [-0.25, -0.2) is 0 Å². The highest BCUT2D eigenvalue weighted by Crippen LogP contribution is 2.15. The minimum Gasteiger partial charge on any atom is -0.298 e. The fourth-order valence-corrected chi connectivity index (χ4v) is 1.72. The Balaban J connectivity index is 4.06. The van der Waals surface area contributed by atoms with E-state index in [0.29, 0.717) is 18.4 Å². The van der Waals surface area contributed by atoms with Crippen molar-refractivity contribution in [2.24, 2.45) is 5.41 Å². The number of carbonyl (C=O) groups is 1. The van der Waals surface area contributed by atoms with Gasteiger partial charge in [0.1, 0.15) is 0 Å². The first-order valence-electron chi connectivity index (χ1n) is 5.01. The predicted octanol–water partition coefficient (Wildman–Crippen LogP) is 2.28. The molecule has 0 spiro atoms. The van der Waals surface area contributed by atoms with Gasteiger partial charge in [0.05, 0.1) is 6.54 Å². The second-order valence-corrected chi connectivity index (χ2v) is 5.80. The molecular weight excluding hydrogens is 194 g/mol. The quantitative estimate of drug-likeness (QED) is 0.705. The third-order valence-corrected chi connectivity index (χ3v) is 3.21. The van der Waals surface area contributed by atoms with Gasteiger partial charge < -0.3 is 0 Å². The van der Waals surface area contributed by atoms with Crippen LogP contribution < -0.4 is 0 Å². The van der Waals surface area contributed by atoms with Crippen molar-refractivity contribution in [3.8, 4) is 0 Å². The fourth-order valence-electron chi connectivity index (χ4n) is 0.988. The summed E-state index contributed by atoms with van der Waals surface area (Å²) in [6, 6.07) is 0.469. The van der Waals surface area contributed by atoms with Crippen LogP contribution in [0.2, 0.25) is 0 Å². The standard InChI is InChI=1S/C11H23NOS/c1-9(8-14-6)12(5)7-10(13)11(2,3)4/h9H,7-8H2,1-6H3. The molecule has 1 unspecified atom stereocenters. The highest BCUT2D eigenvalue weighted by Gasteiger charge is 2.23. The molecule has 0 aromatic rings. The van der Waals surface area contributed by atoms with Crippen molar-refractivity contribution in [2.45, 2.75) is 33.7 Å². The van der Waals surface area contributed by atoms with Crippen LogP contribution in [0, 0.1) is 5.41 Å². The molecule has 0 aliphatic rings. The first kappa shape index (κ1) is 14.0. The summed E-state index contributed by atoms with van der Waals surface area (Å²) in [7, 11) is 2.02. The maximum Gasteiger partial charge on any atom is 0.152 e. The van der Waals surface area contributed by atoms with E-state index in [2.05, 4.69) is 18.1 Å². The molecule has 0 N–H and O–H groups in total. The second kappa shape index (κ2) is 5.76. The molecule has 0 amide bonds. The van der Waals surface area contributed by atoms with Crippen molar-refractivity contribution in [3.63, 3.8) is 0 Å². The molecular formula is C11H23NOS. The van der Waals surface area contributed by atoms with Gasteiger partial charge in [0.15, 0.2) is 5.78 Å². The Kier molecular flexibility index (Phi) is 5.75. The number of rotatable bonds is 5. The largest absolute Gasteiger partial charge is 0.298 e. The molecule has 0 aromatic heterocycles. The Labute approximate surface area is 92.4 Å². The van der Waals surface area contributed by atoms with Crippen molar-refractivity contribution < 1.29 is 4.79 Å². The number of carbonyl (C=O) groups excluding carboxylic acids is 1. The lowest BCUT2D eigenvalue weighted by Crippen LogP contribution is -2.39. The average Bonchev–Trinajstić information content (AvgIpc) is 2.02. The van der Waals surface area contributed by atoms with Gasteiger partial charge in [-0.2, -0.15) is 11.8 Å². The van der Waals surface area contributed by atoms with Crippen LogP contribution in [0.1, 0.15) is 27.7 Å². The number of thioether (sulfide) groups is 1. The van der Waals surface area contributed by atoms with E-state index in [1.807, 2.05) is 39.6 Å². The molecule has 14 heavy (non-hydrogen) atoms. The van der Waals surface area contributed by atoms with E-state index in [9.17, 15) is 4.79 Å². The van der Waals surface area contributed by atoms with E-state index < -0.39 is 0 Å². The van der Waals surface area contributed by atoms with Crippen molar-refractivity contribution in [2.75, 3.05) is 25.6 Å². The highest BCUT2D eigenvalue weighted by molar-refractivity contribution is 7.98. The third-order valence-electron chi connectivity index (χ3n) is 2.39. The van der Waals surface area contributed by atoms with Gasteiger partial charge >= 0.3 is 0 Å². The summed E-state index contributed by atoms with van der Waals surface area (Å²) < 4.78 is 0. The van der Waals surface area contributed by atoms with E-state index in [1.165, 1.54) is 0 Å². The maximum absolute atomic E-state index is 11.7. The molecule has 0 aliphatic heterocycles. The molecule has 0 saturated carbocycles. The summed E-state index contributed by atoms with van der Waals surface area (Å²) in [5.74, 6) is 1.39. The van der Waals surface area contributed by atoms with Gasteiger partial charge in [-0.3, -0.25) is 9.69 Å². The molecule has 1 atom stereocenters. The van der Waals surface area contributed by atoms with Gasteiger partial charge in [-0.05, 0) is 20.2 Å². The predicted molar refractivity (Wildman–Crippen MR) is 64.9 cm³/mol. The average molecular weight is 217 g/mol. The molecule has 0 aliphatic carbocycles. The van der Waals surface area contributed by atoms with Crippen LogP contribution in [0.3, 0.4) is 0 Å². The van der Waals surface area contributed by atoms with Crippen LogP contribution in [0.4, 0.5) is 0 Å². The van der Waals surface area contributed by atoms with Crippen LogP contribution >= 0.6 is 11.8 Å². The van der Waals surface area contributed by atoms with Gasteiger partial charge in [-0.15, -0.1) is 0 Å². The van der Waals surface area contributed by atoms with Gasteiger partial charge in [-0.1, -0.05) is 20.8 Å². The minimum absolute atomic E-state index is 0.215. The Bertz CT molecular complexity index is 186. The summed E-state index contributed by atoms with van der Waals surface area (Å²) in [5, 5.41) is 0. The molecule has 0 heterocycles. The van der Waals surface area contributed by atoms with Crippen LogP contribution in [0.15, 0.2) is 0 Å². The Morgan fingerprint density at radius 3 is 2.29 bits per heavy atom. The lowest BCUT2D eigenvalue weighted by molar-refractivity contribution is -0.127. The summed E-state index contributed by atoms with van der Waals surface area (Å²) >= 11 is 1.82. The molecule has 0 bridgehead atoms. The number of likely N-dealkylation sites (N-methyl/N-ethyl adjacent to an activating group) is 1. The third kappa shape index (κ3) is 5.01. The van der Waals surface area contributed by atoms with Crippen LogP contribution in [-0.4, -0.2) is 42.3 Å². The monoisotopic (exact) mass is 217 g/mol. The SMILES string of the molecule is CSCC(C)N(C)CC(=O)C(C)(C)C. The smallest absolute Gasteiger partial charge is 0.152 e. The highest BCUT2D eigenvalue weighted by atomic mass is 32.2. The zero-order chi connectivity index (χ0) is 11.4. The summed E-state index contributed by atoms with van der Waals surface area (Å²) in [4.78, 5) is 13.9. The van der Waals surface area contributed by atoms with Crippen molar-refractivity contribution >= 4 is 17.5 Å². The number of Topliss-reactive ketones (excluding diaryl/α,β-unsaturated/α-hetero) is 1. The van der Waals surface area contributed by atoms with Crippen LogP contribution in [-0.2, 0) is 4.79 Å². The summed E-state index contributed by atoms with van der Waals surface area (Å²) in [5.41, 5.74) is -0.215. The first-order chi connectivity index (χ1) is 6.29. The molecule has 2 nitrogen and oxygen atoms in total. The van der Waals surface area contributed by atoms with Crippen LogP contribution in [0.5, 0.6) is 0 Å². The Morgan fingerprint density at radius 2 is 1.93 bits per heavy atom. The van der Waals surface area contributed by atoms with Gasteiger partial charge in [0.25, 0.3) is 0 Å². The van der Waals surface area contributed by atoms with Crippen LogP contribution in [0.25, 0.3) is 0 Å². The molecule has 3 heteroatoms. The fraction of sp³-hybridized carbons (Fsp3) is 0.909. The van der Waals surface area contributed by atoms with Crippen molar-refractivity contribution in [3.05, 3.63) is 0 Å². The zero-order valence-corrected chi connectivity index (χ0v) is 11.1. The van der Waals surface area contributed by atoms with Crippen molar-refractivity contribution in [1.82, 2.24) is 4.90 Å². The lowest BCUT2D eigenvalue weighted by atomic mass is 9.90.